The summed E-state index contributed by atoms with van der Waals surface area (Å²) in [6.07, 6.45) is 7.70. The second-order valence-corrected chi connectivity index (χ2v) is 8.19. The number of amides is 1. The lowest BCUT2D eigenvalue weighted by molar-refractivity contribution is -0.140. The van der Waals surface area contributed by atoms with Crippen molar-refractivity contribution in [2.24, 2.45) is 0 Å². The zero-order chi connectivity index (χ0) is 20.3. The van der Waals surface area contributed by atoms with Crippen molar-refractivity contribution in [2.75, 3.05) is 19.7 Å². The van der Waals surface area contributed by atoms with Gasteiger partial charge in [0.1, 0.15) is 6.10 Å². The maximum absolute atomic E-state index is 12.5. The standard InChI is InChI=1S/C26H26N2O2/c29-26(25-6-3-15-30-25)28-13-11-20(12-14-28)16-19-7-9-21(10-8-19)23-17-22-4-1-2-5-24(22)27-18-23/h1-2,4-5,7-11,17-18,25H,3,6,12-16H2. The number of para-hydroxylation sites is 1. The minimum absolute atomic E-state index is 0.163. The minimum Gasteiger partial charge on any atom is -0.368 e. The first-order valence-electron chi connectivity index (χ1n) is 10.8. The molecule has 2 aliphatic rings. The van der Waals surface area contributed by atoms with Gasteiger partial charge in [0.05, 0.1) is 5.52 Å². The van der Waals surface area contributed by atoms with E-state index in [1.54, 1.807) is 0 Å². The van der Waals surface area contributed by atoms with Gasteiger partial charge in [0, 0.05) is 36.8 Å². The molecule has 0 bridgehead atoms. The molecule has 1 aromatic heterocycles. The Morgan fingerprint density at radius 3 is 2.73 bits per heavy atom. The number of fused-ring (bicyclic) bond motifs is 1. The number of carbonyl (C=O) groups excluding carboxylic acids is 1. The summed E-state index contributed by atoms with van der Waals surface area (Å²) in [4.78, 5) is 19.0. The number of ether oxygens (including phenoxy) is 1. The van der Waals surface area contributed by atoms with Crippen LogP contribution in [0.15, 0.2) is 72.4 Å². The zero-order valence-corrected chi connectivity index (χ0v) is 17.1. The van der Waals surface area contributed by atoms with E-state index in [1.165, 1.54) is 16.7 Å². The highest BCUT2D eigenvalue weighted by atomic mass is 16.5. The smallest absolute Gasteiger partial charge is 0.251 e. The highest BCUT2D eigenvalue weighted by Crippen LogP contribution is 2.25. The van der Waals surface area contributed by atoms with Gasteiger partial charge in [-0.05, 0) is 48.9 Å². The molecule has 3 aromatic rings. The van der Waals surface area contributed by atoms with Crippen LogP contribution in [-0.2, 0) is 16.0 Å². The molecule has 1 atom stereocenters. The minimum atomic E-state index is -0.211. The third-order valence-electron chi connectivity index (χ3n) is 6.13. The summed E-state index contributed by atoms with van der Waals surface area (Å²) >= 11 is 0. The normalized spacial score (nSPS) is 19.1. The van der Waals surface area contributed by atoms with Crippen LogP contribution >= 0.6 is 0 Å². The summed E-state index contributed by atoms with van der Waals surface area (Å²) < 4.78 is 5.55. The van der Waals surface area contributed by atoms with Crippen LogP contribution in [-0.4, -0.2) is 41.6 Å². The SMILES string of the molecule is O=C(C1CCCO1)N1CC=C(Cc2ccc(-c3cnc4ccccc4c3)cc2)CC1. The van der Waals surface area contributed by atoms with Gasteiger partial charge in [-0.1, -0.05) is 54.1 Å². The lowest BCUT2D eigenvalue weighted by atomic mass is 9.97. The molecule has 1 unspecified atom stereocenters. The molecule has 2 aliphatic heterocycles. The fourth-order valence-corrected chi connectivity index (χ4v) is 4.35. The molecule has 0 N–H and O–H groups in total. The first-order valence-corrected chi connectivity index (χ1v) is 10.8. The van der Waals surface area contributed by atoms with Gasteiger partial charge in [0.15, 0.2) is 0 Å². The lowest BCUT2D eigenvalue weighted by Crippen LogP contribution is -2.41. The summed E-state index contributed by atoms with van der Waals surface area (Å²) in [5.41, 5.74) is 6.06. The van der Waals surface area contributed by atoms with Crippen LogP contribution in [0.5, 0.6) is 0 Å². The lowest BCUT2D eigenvalue weighted by Gasteiger charge is -2.28. The van der Waals surface area contributed by atoms with Crippen LogP contribution in [0.25, 0.3) is 22.0 Å². The Bertz CT molecular complexity index is 1080. The topological polar surface area (TPSA) is 42.4 Å². The van der Waals surface area contributed by atoms with Crippen molar-refractivity contribution >= 4 is 16.8 Å². The monoisotopic (exact) mass is 398 g/mol. The van der Waals surface area contributed by atoms with Gasteiger partial charge >= 0.3 is 0 Å². The van der Waals surface area contributed by atoms with E-state index in [-0.39, 0.29) is 12.0 Å². The predicted octanol–water partition coefficient (Wildman–Crippen LogP) is 4.78. The van der Waals surface area contributed by atoms with E-state index in [1.807, 2.05) is 29.3 Å². The number of benzene rings is 2. The Kier molecular flexibility index (Phi) is 5.33. The number of hydrogen-bond donors (Lipinski definition) is 0. The van der Waals surface area contributed by atoms with Crippen LogP contribution < -0.4 is 0 Å². The average Bonchev–Trinajstić information content (AvgIpc) is 3.34. The first kappa shape index (κ1) is 19.0. The molecule has 5 rings (SSSR count). The van der Waals surface area contributed by atoms with Crippen molar-refractivity contribution in [3.05, 3.63) is 78.0 Å². The number of carbonyl (C=O) groups is 1. The quantitative estimate of drug-likeness (QED) is 0.594. The largest absolute Gasteiger partial charge is 0.368 e. The molecule has 1 amide bonds. The zero-order valence-electron chi connectivity index (χ0n) is 17.1. The third-order valence-corrected chi connectivity index (χ3v) is 6.13. The highest BCUT2D eigenvalue weighted by Gasteiger charge is 2.28. The Morgan fingerprint density at radius 2 is 1.97 bits per heavy atom. The Balaban J connectivity index is 1.23. The molecule has 0 radical (unpaired) electrons. The third kappa shape index (κ3) is 4.01. The molecule has 0 saturated carbocycles. The number of aromatic nitrogens is 1. The van der Waals surface area contributed by atoms with E-state index < -0.39 is 0 Å². The van der Waals surface area contributed by atoms with E-state index in [0.717, 1.165) is 55.3 Å². The molecular formula is C26H26N2O2. The highest BCUT2D eigenvalue weighted by molar-refractivity contribution is 5.83. The number of hydrogen-bond acceptors (Lipinski definition) is 3. The van der Waals surface area contributed by atoms with E-state index in [0.29, 0.717) is 6.54 Å². The Hall–Kier alpha value is -2.98. The summed E-state index contributed by atoms with van der Waals surface area (Å²) in [6, 6.07) is 19.2. The summed E-state index contributed by atoms with van der Waals surface area (Å²) in [5, 5.41) is 1.16. The van der Waals surface area contributed by atoms with Gasteiger partial charge in [-0.15, -0.1) is 0 Å². The van der Waals surface area contributed by atoms with E-state index in [2.05, 4.69) is 47.5 Å². The molecule has 2 aromatic carbocycles. The fraction of sp³-hybridized carbons (Fsp3) is 0.308. The Labute approximate surface area is 177 Å². The van der Waals surface area contributed by atoms with Gasteiger partial charge in [-0.3, -0.25) is 9.78 Å². The molecule has 1 fully saturated rings. The second-order valence-electron chi connectivity index (χ2n) is 8.19. The maximum atomic E-state index is 12.5. The molecule has 152 valence electrons. The molecule has 3 heterocycles. The van der Waals surface area contributed by atoms with Crippen molar-refractivity contribution in [3.63, 3.8) is 0 Å². The van der Waals surface area contributed by atoms with Gasteiger partial charge in [0.25, 0.3) is 5.91 Å². The molecule has 4 nitrogen and oxygen atoms in total. The van der Waals surface area contributed by atoms with Crippen molar-refractivity contribution < 1.29 is 9.53 Å². The van der Waals surface area contributed by atoms with E-state index in [9.17, 15) is 4.79 Å². The molecule has 1 saturated heterocycles. The van der Waals surface area contributed by atoms with Crippen LogP contribution in [0.3, 0.4) is 0 Å². The Morgan fingerprint density at radius 1 is 1.10 bits per heavy atom. The van der Waals surface area contributed by atoms with E-state index in [4.69, 9.17) is 4.74 Å². The molecule has 30 heavy (non-hydrogen) atoms. The van der Waals surface area contributed by atoms with Crippen molar-refractivity contribution in [2.45, 2.75) is 31.8 Å². The van der Waals surface area contributed by atoms with Gasteiger partial charge < -0.3 is 9.64 Å². The fourth-order valence-electron chi connectivity index (χ4n) is 4.35. The molecular weight excluding hydrogens is 372 g/mol. The first-order chi connectivity index (χ1) is 14.8. The number of pyridine rings is 1. The number of rotatable bonds is 4. The summed E-state index contributed by atoms with van der Waals surface area (Å²) in [7, 11) is 0. The maximum Gasteiger partial charge on any atom is 0.251 e. The van der Waals surface area contributed by atoms with Crippen LogP contribution in [0.2, 0.25) is 0 Å². The number of nitrogens with zero attached hydrogens (tertiary/aromatic N) is 2. The second kappa shape index (κ2) is 8.41. The van der Waals surface area contributed by atoms with Crippen molar-refractivity contribution in [3.8, 4) is 11.1 Å². The summed E-state index contributed by atoms with van der Waals surface area (Å²) in [5.74, 6) is 0.163. The molecule has 4 heteroatoms. The van der Waals surface area contributed by atoms with Gasteiger partial charge in [-0.25, -0.2) is 0 Å². The van der Waals surface area contributed by atoms with Crippen molar-refractivity contribution in [1.82, 2.24) is 9.88 Å². The molecule has 0 spiro atoms. The summed E-state index contributed by atoms with van der Waals surface area (Å²) in [6.45, 7) is 2.22. The van der Waals surface area contributed by atoms with E-state index >= 15 is 0 Å². The predicted molar refractivity (Wildman–Crippen MR) is 119 cm³/mol. The van der Waals surface area contributed by atoms with Crippen molar-refractivity contribution in [1.29, 1.82) is 0 Å². The average molecular weight is 399 g/mol. The van der Waals surface area contributed by atoms with Crippen LogP contribution in [0, 0.1) is 0 Å². The molecule has 0 aliphatic carbocycles. The van der Waals surface area contributed by atoms with Crippen LogP contribution in [0.1, 0.15) is 24.8 Å². The van der Waals surface area contributed by atoms with Crippen LogP contribution in [0.4, 0.5) is 0 Å². The van der Waals surface area contributed by atoms with Gasteiger partial charge in [-0.2, -0.15) is 0 Å². The van der Waals surface area contributed by atoms with Gasteiger partial charge in [0.2, 0.25) is 0 Å².